The third-order valence-electron chi connectivity index (χ3n) is 1.64. The summed E-state index contributed by atoms with van der Waals surface area (Å²) in [6.07, 6.45) is 0. The molecule has 0 aliphatic carbocycles. The van der Waals surface area contributed by atoms with Crippen molar-refractivity contribution >= 4 is 45.7 Å². The molecule has 0 saturated carbocycles. The van der Waals surface area contributed by atoms with E-state index in [-0.39, 0.29) is 5.78 Å². The van der Waals surface area contributed by atoms with E-state index >= 15 is 0 Å². The van der Waals surface area contributed by atoms with Crippen molar-refractivity contribution in [3.05, 3.63) is 27.3 Å². The van der Waals surface area contributed by atoms with Crippen LogP contribution in [-0.2, 0) is 0 Å². The lowest BCUT2D eigenvalue weighted by atomic mass is 10.1. The highest BCUT2D eigenvalue weighted by Crippen LogP contribution is 2.18. The molecule has 2 N–H and O–H groups in total. The summed E-state index contributed by atoms with van der Waals surface area (Å²) >= 11 is 7.78. The Morgan fingerprint density at radius 2 is 2.23 bits per heavy atom. The summed E-state index contributed by atoms with van der Waals surface area (Å²) in [5, 5.41) is -0.500. The van der Waals surface area contributed by atoms with Gasteiger partial charge in [-0.05, 0) is 41.6 Å². The first-order valence-corrected chi connectivity index (χ1v) is 5.27. The first-order chi connectivity index (χ1) is 6.02. The molecule has 1 unspecified atom stereocenters. The Morgan fingerprint density at radius 3 is 2.69 bits per heavy atom. The number of benzene rings is 1. The van der Waals surface area contributed by atoms with Gasteiger partial charge in [0.05, 0.1) is 5.38 Å². The molecule has 0 bridgehead atoms. The summed E-state index contributed by atoms with van der Waals surface area (Å²) in [5.41, 5.74) is 6.84. The van der Waals surface area contributed by atoms with Crippen molar-refractivity contribution < 1.29 is 4.79 Å². The van der Waals surface area contributed by atoms with Crippen LogP contribution in [0.5, 0.6) is 0 Å². The average Bonchev–Trinajstić information content (AvgIpc) is 2.08. The maximum absolute atomic E-state index is 11.4. The number of carbonyl (C=O) groups is 1. The van der Waals surface area contributed by atoms with Crippen molar-refractivity contribution in [3.8, 4) is 0 Å². The fraction of sp³-hybridized carbons (Fsp3) is 0.222. The van der Waals surface area contributed by atoms with Gasteiger partial charge in [0.15, 0.2) is 5.78 Å². The zero-order valence-corrected chi connectivity index (χ0v) is 9.96. The molecule has 2 nitrogen and oxygen atoms in total. The van der Waals surface area contributed by atoms with Crippen molar-refractivity contribution in [3.63, 3.8) is 0 Å². The predicted molar refractivity (Wildman–Crippen MR) is 63.2 cm³/mol. The van der Waals surface area contributed by atoms with E-state index in [0.717, 1.165) is 3.57 Å². The first kappa shape index (κ1) is 10.8. The summed E-state index contributed by atoms with van der Waals surface area (Å²) in [4.78, 5) is 11.4. The highest BCUT2D eigenvalue weighted by atomic mass is 127. The number of halogens is 2. The molecule has 70 valence electrons. The molecule has 0 saturated heterocycles. The molecule has 0 radical (unpaired) electrons. The van der Waals surface area contributed by atoms with Crippen LogP contribution in [0.4, 0.5) is 5.69 Å². The Morgan fingerprint density at radius 1 is 1.62 bits per heavy atom. The summed E-state index contributed by atoms with van der Waals surface area (Å²) in [6.45, 7) is 1.65. The van der Waals surface area contributed by atoms with Gasteiger partial charge in [-0.15, -0.1) is 11.6 Å². The molecule has 0 aliphatic heterocycles. The molecule has 4 heteroatoms. The molecular weight excluding hydrogens is 300 g/mol. The molecule has 0 aromatic heterocycles. The Bertz CT molecular complexity index is 338. The fourth-order valence-electron chi connectivity index (χ4n) is 0.927. The normalized spacial score (nSPS) is 12.5. The molecule has 0 fully saturated rings. The number of anilines is 1. The third kappa shape index (κ3) is 2.57. The molecule has 0 spiro atoms. The highest BCUT2D eigenvalue weighted by Gasteiger charge is 2.12. The molecule has 1 rings (SSSR count). The van der Waals surface area contributed by atoms with Gasteiger partial charge in [0.1, 0.15) is 0 Å². The standard InChI is InChI=1S/C9H9ClINO/c1-5(10)9(13)6-2-3-7(11)8(12)4-6/h2-5H,12H2,1H3. The molecule has 1 aromatic carbocycles. The van der Waals surface area contributed by atoms with E-state index in [2.05, 4.69) is 22.6 Å². The number of alkyl halides is 1. The van der Waals surface area contributed by atoms with Gasteiger partial charge in [0.2, 0.25) is 0 Å². The third-order valence-corrected chi connectivity index (χ3v) is 2.82. The lowest BCUT2D eigenvalue weighted by Crippen LogP contribution is -2.10. The van der Waals surface area contributed by atoms with E-state index in [4.69, 9.17) is 17.3 Å². The molecule has 1 atom stereocenters. The van der Waals surface area contributed by atoms with E-state index in [1.54, 1.807) is 19.1 Å². The largest absolute Gasteiger partial charge is 0.398 e. The van der Waals surface area contributed by atoms with Crippen LogP contribution >= 0.6 is 34.2 Å². The van der Waals surface area contributed by atoms with Gasteiger partial charge < -0.3 is 5.73 Å². The minimum Gasteiger partial charge on any atom is -0.398 e. The Hall–Kier alpha value is -0.290. The minimum absolute atomic E-state index is 0.0928. The predicted octanol–water partition coefficient (Wildman–Crippen LogP) is 2.68. The second kappa shape index (κ2) is 4.28. The van der Waals surface area contributed by atoms with Gasteiger partial charge in [-0.25, -0.2) is 0 Å². The van der Waals surface area contributed by atoms with Crippen molar-refractivity contribution in [1.29, 1.82) is 0 Å². The van der Waals surface area contributed by atoms with Crippen LogP contribution in [-0.4, -0.2) is 11.2 Å². The summed E-state index contributed by atoms with van der Waals surface area (Å²) in [6, 6.07) is 5.20. The topological polar surface area (TPSA) is 43.1 Å². The number of hydrogen-bond donors (Lipinski definition) is 1. The zero-order chi connectivity index (χ0) is 10.0. The van der Waals surface area contributed by atoms with Crippen molar-refractivity contribution in [1.82, 2.24) is 0 Å². The van der Waals surface area contributed by atoms with E-state index in [1.165, 1.54) is 0 Å². The van der Waals surface area contributed by atoms with Crippen molar-refractivity contribution in [2.75, 3.05) is 5.73 Å². The van der Waals surface area contributed by atoms with E-state index < -0.39 is 5.38 Å². The van der Waals surface area contributed by atoms with Crippen LogP contribution in [0.15, 0.2) is 18.2 Å². The maximum atomic E-state index is 11.4. The molecule has 0 amide bonds. The van der Waals surface area contributed by atoms with E-state index in [9.17, 15) is 4.79 Å². The summed E-state index contributed by atoms with van der Waals surface area (Å²) < 4.78 is 0.941. The Balaban J connectivity index is 3.04. The molecule has 0 heterocycles. The second-order valence-corrected chi connectivity index (χ2v) is 4.53. The van der Waals surface area contributed by atoms with Crippen LogP contribution < -0.4 is 5.73 Å². The Labute approximate surface area is 95.6 Å². The minimum atomic E-state index is -0.500. The van der Waals surface area contributed by atoms with Gasteiger partial charge in [-0.1, -0.05) is 6.07 Å². The lowest BCUT2D eigenvalue weighted by molar-refractivity contribution is 0.0992. The first-order valence-electron chi connectivity index (χ1n) is 3.75. The number of nitrogen functional groups attached to an aromatic ring is 1. The average molecular weight is 310 g/mol. The van der Waals surface area contributed by atoms with Crippen molar-refractivity contribution in [2.45, 2.75) is 12.3 Å². The van der Waals surface area contributed by atoms with Gasteiger partial charge >= 0.3 is 0 Å². The number of carbonyl (C=O) groups excluding carboxylic acids is 1. The number of rotatable bonds is 2. The van der Waals surface area contributed by atoms with Crippen LogP contribution in [0, 0.1) is 3.57 Å². The number of Topliss-reactive ketones (excluding diaryl/α,β-unsaturated/α-hetero) is 1. The lowest BCUT2D eigenvalue weighted by Gasteiger charge is -2.04. The van der Waals surface area contributed by atoms with Crippen LogP contribution in [0.25, 0.3) is 0 Å². The SMILES string of the molecule is CC(Cl)C(=O)c1ccc(I)c(N)c1. The van der Waals surface area contributed by atoms with Crippen LogP contribution in [0.3, 0.4) is 0 Å². The molecule has 13 heavy (non-hydrogen) atoms. The summed E-state index contributed by atoms with van der Waals surface area (Å²) in [7, 11) is 0. The molecule has 0 aliphatic rings. The quantitative estimate of drug-likeness (QED) is 0.395. The van der Waals surface area contributed by atoms with Crippen LogP contribution in [0.1, 0.15) is 17.3 Å². The Kier molecular flexibility index (Phi) is 3.55. The van der Waals surface area contributed by atoms with E-state index in [1.807, 2.05) is 6.07 Å². The summed E-state index contributed by atoms with van der Waals surface area (Å²) in [5.74, 6) is -0.0928. The maximum Gasteiger partial charge on any atom is 0.180 e. The highest BCUT2D eigenvalue weighted by molar-refractivity contribution is 14.1. The number of hydrogen-bond acceptors (Lipinski definition) is 2. The van der Waals surface area contributed by atoms with Gasteiger partial charge in [0.25, 0.3) is 0 Å². The smallest absolute Gasteiger partial charge is 0.180 e. The number of ketones is 1. The molecule has 1 aromatic rings. The van der Waals surface area contributed by atoms with E-state index in [0.29, 0.717) is 11.3 Å². The van der Waals surface area contributed by atoms with Gasteiger partial charge in [0, 0.05) is 14.8 Å². The molecular formula is C9H9ClINO. The zero-order valence-electron chi connectivity index (χ0n) is 7.05. The monoisotopic (exact) mass is 309 g/mol. The van der Waals surface area contributed by atoms with Crippen molar-refractivity contribution in [2.24, 2.45) is 0 Å². The van der Waals surface area contributed by atoms with Gasteiger partial charge in [-0.3, -0.25) is 4.79 Å². The fourth-order valence-corrected chi connectivity index (χ4v) is 1.39. The van der Waals surface area contributed by atoms with Gasteiger partial charge in [-0.2, -0.15) is 0 Å². The number of nitrogens with two attached hydrogens (primary N) is 1. The van der Waals surface area contributed by atoms with Crippen LogP contribution in [0.2, 0.25) is 0 Å². The second-order valence-electron chi connectivity index (χ2n) is 2.72.